The molecule has 1 saturated heterocycles. The summed E-state index contributed by atoms with van der Waals surface area (Å²) in [6.45, 7) is 10.3. The molecule has 0 aliphatic carbocycles. The van der Waals surface area contributed by atoms with Gasteiger partial charge in [-0.2, -0.15) is 0 Å². The van der Waals surface area contributed by atoms with Crippen LogP contribution in [0.25, 0.3) is 0 Å². The number of para-hydroxylation sites is 1. The molecule has 1 heterocycles. The third kappa shape index (κ3) is 6.97. The minimum Gasteiger partial charge on any atom is -0.482 e. The van der Waals surface area contributed by atoms with E-state index in [1.807, 2.05) is 55.5 Å². The van der Waals surface area contributed by atoms with Crippen LogP contribution in [0, 0.1) is 11.8 Å². The van der Waals surface area contributed by atoms with Crippen molar-refractivity contribution in [3.05, 3.63) is 101 Å². The summed E-state index contributed by atoms with van der Waals surface area (Å²) < 4.78 is 18.8. The summed E-state index contributed by atoms with van der Waals surface area (Å²) in [4.78, 5) is 11.3. The van der Waals surface area contributed by atoms with Gasteiger partial charge in [-0.15, -0.1) is 0 Å². The van der Waals surface area contributed by atoms with Gasteiger partial charge in [0, 0.05) is 22.4 Å². The molecule has 1 aliphatic rings. The Labute approximate surface area is 230 Å². The van der Waals surface area contributed by atoms with Crippen molar-refractivity contribution in [2.75, 3.05) is 6.61 Å². The lowest BCUT2D eigenvalue weighted by molar-refractivity contribution is -0.139. The molecule has 0 spiro atoms. The van der Waals surface area contributed by atoms with Crippen LogP contribution < -0.4 is 9.47 Å². The van der Waals surface area contributed by atoms with Crippen molar-refractivity contribution in [2.45, 2.75) is 51.7 Å². The molecular weight excluding hydrogens is 500 g/mol. The van der Waals surface area contributed by atoms with Crippen LogP contribution in [-0.4, -0.2) is 23.8 Å². The van der Waals surface area contributed by atoms with Gasteiger partial charge in [0.1, 0.15) is 17.2 Å². The Balaban J connectivity index is 1.74. The minimum atomic E-state index is -1.04. The largest absolute Gasteiger partial charge is 0.482 e. The number of halogens is 1. The first kappa shape index (κ1) is 27.7. The highest BCUT2D eigenvalue weighted by Crippen LogP contribution is 2.50. The lowest BCUT2D eigenvalue weighted by Crippen LogP contribution is -2.37. The molecule has 0 amide bonds. The number of carboxylic acids is 1. The van der Waals surface area contributed by atoms with Crippen molar-refractivity contribution in [3.8, 4) is 17.2 Å². The Kier molecular flexibility index (Phi) is 9.13. The quantitative estimate of drug-likeness (QED) is 0.264. The highest BCUT2D eigenvalue weighted by atomic mass is 35.5. The molecule has 200 valence electrons. The fourth-order valence-corrected chi connectivity index (χ4v) is 5.26. The molecule has 1 fully saturated rings. The zero-order valence-electron chi connectivity index (χ0n) is 22.1. The zero-order valence-corrected chi connectivity index (χ0v) is 22.9. The third-order valence-electron chi connectivity index (χ3n) is 6.90. The molecule has 3 aromatic carbocycles. The number of hydrogen-bond acceptors (Lipinski definition) is 4. The molecule has 5 nitrogen and oxygen atoms in total. The van der Waals surface area contributed by atoms with E-state index >= 15 is 0 Å². The highest BCUT2D eigenvalue weighted by Gasteiger charge is 2.41. The number of carbonyl (C=O) groups is 1. The predicted octanol–water partition coefficient (Wildman–Crippen LogP) is 8.45. The summed E-state index contributed by atoms with van der Waals surface area (Å²) in [5.41, 5.74) is 2.94. The molecule has 38 heavy (non-hydrogen) atoms. The Morgan fingerprint density at radius 2 is 1.79 bits per heavy atom. The highest BCUT2D eigenvalue weighted by molar-refractivity contribution is 6.30. The molecule has 0 aromatic heterocycles. The van der Waals surface area contributed by atoms with E-state index in [-0.39, 0.29) is 24.0 Å². The topological polar surface area (TPSA) is 65.0 Å². The van der Waals surface area contributed by atoms with Crippen molar-refractivity contribution in [1.29, 1.82) is 0 Å². The first-order chi connectivity index (χ1) is 18.2. The monoisotopic (exact) mass is 534 g/mol. The van der Waals surface area contributed by atoms with Crippen molar-refractivity contribution in [3.63, 3.8) is 0 Å². The predicted molar refractivity (Wildman–Crippen MR) is 150 cm³/mol. The van der Waals surface area contributed by atoms with E-state index in [1.165, 1.54) is 5.56 Å². The molecule has 0 bridgehead atoms. The van der Waals surface area contributed by atoms with Gasteiger partial charge in [0.05, 0.1) is 12.2 Å². The second-order valence-electron chi connectivity index (χ2n) is 10.4. The van der Waals surface area contributed by atoms with Crippen LogP contribution in [0.4, 0.5) is 0 Å². The molecule has 0 radical (unpaired) electrons. The van der Waals surface area contributed by atoms with Crippen LogP contribution in [-0.2, 0) is 9.53 Å². The summed E-state index contributed by atoms with van der Waals surface area (Å²) in [7, 11) is 0. The van der Waals surface area contributed by atoms with Crippen molar-refractivity contribution in [2.24, 2.45) is 11.8 Å². The van der Waals surface area contributed by atoms with Crippen LogP contribution in [0.15, 0.2) is 84.9 Å². The molecule has 1 N–H and O–H groups in total. The average Bonchev–Trinajstić information content (AvgIpc) is 2.88. The van der Waals surface area contributed by atoms with Crippen molar-refractivity contribution in [1.82, 2.24) is 0 Å². The first-order valence-corrected chi connectivity index (χ1v) is 13.4. The van der Waals surface area contributed by atoms with Gasteiger partial charge in [0.2, 0.25) is 0 Å². The molecule has 0 saturated carbocycles. The molecule has 0 unspecified atom stereocenters. The van der Waals surface area contributed by atoms with E-state index in [2.05, 4.69) is 32.6 Å². The molecule has 6 heteroatoms. The number of carboxylic acid groups (broad SMARTS) is 1. The lowest BCUT2D eigenvalue weighted by Gasteiger charge is -2.43. The van der Waals surface area contributed by atoms with E-state index < -0.39 is 12.6 Å². The Morgan fingerprint density at radius 3 is 2.42 bits per heavy atom. The Hall–Kier alpha value is -3.28. The van der Waals surface area contributed by atoms with Gasteiger partial charge in [0.15, 0.2) is 6.61 Å². The molecule has 4 rings (SSSR count). The van der Waals surface area contributed by atoms with Gasteiger partial charge >= 0.3 is 5.97 Å². The summed E-state index contributed by atoms with van der Waals surface area (Å²) in [5.74, 6) is 1.34. The second kappa shape index (κ2) is 12.5. The lowest BCUT2D eigenvalue weighted by atomic mass is 9.74. The molecule has 4 atom stereocenters. The standard InChI is InChI=1S/C32H35ClO5/c1-20(2)16-30-27(22-10-12-23(33)13-11-22)18-26(21(3)4)32(38-30)28-17-25(37-24-8-6-5-7-9-24)14-15-29(28)36-19-31(34)35/h5-15,17,20,26-27,30,32H,3,16,18-19H2,1-2,4H3,(H,34,35)/t26-,27-,30+,32+/m0/s1. The Morgan fingerprint density at radius 1 is 1.08 bits per heavy atom. The van der Waals surface area contributed by atoms with E-state index in [0.29, 0.717) is 28.2 Å². The zero-order chi connectivity index (χ0) is 27.2. The molecular formula is C32H35ClO5. The maximum absolute atomic E-state index is 11.3. The SMILES string of the molecule is C=C(C)[C@@H]1C[C@@H](c2ccc(Cl)cc2)[C@@H](CC(C)C)O[C@H]1c1cc(Oc2ccccc2)ccc1OCC(=O)O. The van der Waals surface area contributed by atoms with Gasteiger partial charge in [-0.25, -0.2) is 4.79 Å². The van der Waals surface area contributed by atoms with Crippen LogP contribution in [0.1, 0.15) is 56.8 Å². The van der Waals surface area contributed by atoms with Gasteiger partial charge in [-0.05, 0) is 73.7 Å². The van der Waals surface area contributed by atoms with E-state index in [9.17, 15) is 9.90 Å². The number of benzene rings is 3. The van der Waals surface area contributed by atoms with E-state index in [1.54, 1.807) is 12.1 Å². The van der Waals surface area contributed by atoms with Crippen molar-refractivity contribution < 1.29 is 24.1 Å². The number of rotatable bonds is 10. The average molecular weight is 535 g/mol. The summed E-state index contributed by atoms with van der Waals surface area (Å²) in [5, 5.41) is 9.99. The van der Waals surface area contributed by atoms with Crippen LogP contribution in [0.2, 0.25) is 5.02 Å². The third-order valence-corrected chi connectivity index (χ3v) is 7.15. The summed E-state index contributed by atoms with van der Waals surface area (Å²) in [6.07, 6.45) is 1.28. The minimum absolute atomic E-state index is 0.0155. The normalized spacial score (nSPS) is 21.2. The maximum atomic E-state index is 11.3. The van der Waals surface area contributed by atoms with Crippen LogP contribution in [0.3, 0.4) is 0 Å². The molecule has 1 aliphatic heterocycles. The number of hydrogen-bond donors (Lipinski definition) is 1. The van der Waals surface area contributed by atoms with E-state index in [4.69, 9.17) is 25.8 Å². The smallest absolute Gasteiger partial charge is 0.341 e. The second-order valence-corrected chi connectivity index (χ2v) is 10.8. The number of aliphatic carboxylic acids is 1. The number of ether oxygens (including phenoxy) is 3. The first-order valence-electron chi connectivity index (χ1n) is 13.0. The maximum Gasteiger partial charge on any atom is 0.341 e. The van der Waals surface area contributed by atoms with Crippen molar-refractivity contribution >= 4 is 17.6 Å². The molecule has 3 aromatic rings. The Bertz CT molecular complexity index is 1240. The summed E-state index contributed by atoms with van der Waals surface area (Å²) >= 11 is 6.18. The fraction of sp³-hybridized carbons (Fsp3) is 0.344. The van der Waals surface area contributed by atoms with Crippen LogP contribution in [0.5, 0.6) is 17.2 Å². The van der Waals surface area contributed by atoms with Crippen LogP contribution >= 0.6 is 11.6 Å². The fourth-order valence-electron chi connectivity index (χ4n) is 5.13. The van der Waals surface area contributed by atoms with Gasteiger partial charge in [-0.3, -0.25) is 0 Å². The van der Waals surface area contributed by atoms with Gasteiger partial charge < -0.3 is 19.3 Å². The van der Waals surface area contributed by atoms with E-state index in [0.717, 1.165) is 24.0 Å². The van der Waals surface area contributed by atoms with Gasteiger partial charge in [0.25, 0.3) is 0 Å². The summed E-state index contributed by atoms with van der Waals surface area (Å²) in [6, 6.07) is 23.0. The van der Waals surface area contributed by atoms with Gasteiger partial charge in [-0.1, -0.05) is 67.9 Å².